The van der Waals surface area contributed by atoms with E-state index < -0.39 is 0 Å². The van der Waals surface area contributed by atoms with Crippen molar-refractivity contribution in [2.24, 2.45) is 0 Å². The maximum absolute atomic E-state index is 11.9. The first-order valence-corrected chi connectivity index (χ1v) is 7.39. The Hall–Kier alpha value is -2.48. The lowest BCUT2D eigenvalue weighted by Gasteiger charge is -1.97. The van der Waals surface area contributed by atoms with Gasteiger partial charge in [-0.1, -0.05) is 19.4 Å². The van der Waals surface area contributed by atoms with Gasteiger partial charge in [0, 0.05) is 6.07 Å². The van der Waals surface area contributed by atoms with E-state index in [0.717, 1.165) is 12.8 Å². The smallest absolute Gasteiger partial charge is 0.274 e. The molecule has 2 N–H and O–H groups in total. The number of aromatic amines is 1. The molecule has 0 radical (unpaired) electrons. The maximum Gasteiger partial charge on any atom is 0.274 e. The number of H-pyrrole nitrogens is 1. The Bertz CT molecular complexity index is 834. The van der Waals surface area contributed by atoms with Gasteiger partial charge in [0.2, 0.25) is 5.95 Å². The van der Waals surface area contributed by atoms with E-state index in [1.165, 1.54) is 21.9 Å². The number of amides is 1. The number of aromatic nitrogens is 4. The highest BCUT2D eigenvalue weighted by atomic mass is 32.1. The highest BCUT2D eigenvalue weighted by molar-refractivity contribution is 7.12. The largest absolute Gasteiger partial charge is 0.290 e. The number of anilines is 1. The van der Waals surface area contributed by atoms with Crippen molar-refractivity contribution < 1.29 is 4.79 Å². The number of fused-ring (bicyclic) bond motifs is 1. The van der Waals surface area contributed by atoms with Gasteiger partial charge in [0.1, 0.15) is 0 Å². The topological polar surface area (TPSA) is 92.2 Å². The molecule has 21 heavy (non-hydrogen) atoms. The lowest BCUT2D eigenvalue weighted by molar-refractivity contribution is 0.102. The van der Waals surface area contributed by atoms with E-state index in [1.54, 1.807) is 12.1 Å². The van der Waals surface area contributed by atoms with Crippen LogP contribution in [0.2, 0.25) is 0 Å². The van der Waals surface area contributed by atoms with Crippen molar-refractivity contribution in [1.82, 2.24) is 19.6 Å². The van der Waals surface area contributed by atoms with Crippen LogP contribution >= 0.6 is 11.3 Å². The molecule has 0 aliphatic heterocycles. The van der Waals surface area contributed by atoms with Gasteiger partial charge in [-0.3, -0.25) is 20.0 Å². The third-order valence-corrected chi connectivity index (χ3v) is 3.74. The van der Waals surface area contributed by atoms with Crippen LogP contribution in [0.5, 0.6) is 0 Å². The minimum absolute atomic E-state index is 0.201. The van der Waals surface area contributed by atoms with E-state index in [9.17, 15) is 9.59 Å². The summed E-state index contributed by atoms with van der Waals surface area (Å²) >= 11 is 1.33. The van der Waals surface area contributed by atoms with Gasteiger partial charge in [0.05, 0.1) is 10.6 Å². The van der Waals surface area contributed by atoms with Crippen LogP contribution in [0.1, 0.15) is 28.7 Å². The standard InChI is InChI=1S/C13H13N5O2S/c1-2-4-8-7-10(19)18-13(14-8)16-12(17-18)15-11(20)9-5-3-6-21-9/h3,5-7H,2,4H2,1H3,(H2,14,15,16,17,20). The van der Waals surface area contributed by atoms with E-state index in [1.807, 2.05) is 12.3 Å². The summed E-state index contributed by atoms with van der Waals surface area (Å²) in [6, 6.07) is 4.98. The maximum atomic E-state index is 11.9. The SMILES string of the molecule is CCCc1cc(=O)n2[nH]c(NC(=O)c3cccs3)nc2n1. The highest BCUT2D eigenvalue weighted by Gasteiger charge is 2.12. The molecule has 0 bridgehead atoms. The summed E-state index contributed by atoms with van der Waals surface area (Å²) < 4.78 is 1.21. The average molecular weight is 303 g/mol. The van der Waals surface area contributed by atoms with E-state index in [-0.39, 0.29) is 23.2 Å². The van der Waals surface area contributed by atoms with Crippen LogP contribution in [0.25, 0.3) is 5.78 Å². The molecule has 3 heterocycles. The Kier molecular flexibility index (Phi) is 3.53. The van der Waals surface area contributed by atoms with E-state index in [0.29, 0.717) is 10.6 Å². The molecule has 108 valence electrons. The molecule has 0 aliphatic rings. The number of hydrogen-bond acceptors (Lipinski definition) is 5. The van der Waals surface area contributed by atoms with Crippen molar-refractivity contribution in [2.45, 2.75) is 19.8 Å². The second kappa shape index (κ2) is 5.49. The summed E-state index contributed by atoms with van der Waals surface area (Å²) in [5.74, 6) is 0.185. The molecular weight excluding hydrogens is 290 g/mol. The quantitative estimate of drug-likeness (QED) is 0.767. The summed E-state index contributed by atoms with van der Waals surface area (Å²) in [7, 11) is 0. The van der Waals surface area contributed by atoms with Crippen LogP contribution in [0.3, 0.4) is 0 Å². The summed E-state index contributed by atoms with van der Waals surface area (Å²) in [4.78, 5) is 32.9. The minimum Gasteiger partial charge on any atom is -0.290 e. The van der Waals surface area contributed by atoms with Gasteiger partial charge in [0.15, 0.2) is 0 Å². The molecule has 0 spiro atoms. The van der Waals surface area contributed by atoms with Crippen LogP contribution in [0.4, 0.5) is 5.95 Å². The fourth-order valence-electron chi connectivity index (χ4n) is 1.94. The first-order valence-electron chi connectivity index (χ1n) is 6.51. The number of carbonyl (C=O) groups is 1. The van der Waals surface area contributed by atoms with Gasteiger partial charge < -0.3 is 0 Å². The zero-order valence-electron chi connectivity index (χ0n) is 11.3. The van der Waals surface area contributed by atoms with Crippen LogP contribution in [-0.2, 0) is 6.42 Å². The van der Waals surface area contributed by atoms with Crippen molar-refractivity contribution in [3.63, 3.8) is 0 Å². The van der Waals surface area contributed by atoms with Gasteiger partial charge in [-0.15, -0.1) is 11.3 Å². The Morgan fingerprint density at radius 1 is 1.48 bits per heavy atom. The number of thiophene rings is 1. The third-order valence-electron chi connectivity index (χ3n) is 2.87. The van der Waals surface area contributed by atoms with Gasteiger partial charge in [-0.05, 0) is 17.9 Å². The lowest BCUT2D eigenvalue weighted by Crippen LogP contribution is -2.16. The second-order valence-electron chi connectivity index (χ2n) is 4.47. The number of hydrogen-bond donors (Lipinski definition) is 2. The molecule has 3 rings (SSSR count). The monoisotopic (exact) mass is 303 g/mol. The Morgan fingerprint density at radius 2 is 2.33 bits per heavy atom. The van der Waals surface area contributed by atoms with Crippen molar-refractivity contribution in [3.8, 4) is 0 Å². The Balaban J connectivity index is 1.92. The molecule has 3 aromatic heterocycles. The van der Waals surface area contributed by atoms with Crippen molar-refractivity contribution in [2.75, 3.05) is 5.32 Å². The molecule has 0 saturated carbocycles. The van der Waals surface area contributed by atoms with Crippen molar-refractivity contribution >= 4 is 29.0 Å². The predicted molar refractivity (Wildman–Crippen MR) is 79.9 cm³/mol. The van der Waals surface area contributed by atoms with Crippen LogP contribution in [0, 0.1) is 0 Å². The van der Waals surface area contributed by atoms with Crippen LogP contribution < -0.4 is 10.9 Å². The average Bonchev–Trinajstić information content (AvgIpc) is 3.07. The molecule has 7 nitrogen and oxygen atoms in total. The van der Waals surface area contributed by atoms with E-state index in [2.05, 4.69) is 20.4 Å². The zero-order chi connectivity index (χ0) is 14.8. The van der Waals surface area contributed by atoms with Crippen molar-refractivity contribution in [3.05, 3.63) is 44.5 Å². The number of carbonyl (C=O) groups excluding carboxylic acids is 1. The Labute approximate surface area is 123 Å². The fourth-order valence-corrected chi connectivity index (χ4v) is 2.56. The lowest BCUT2D eigenvalue weighted by atomic mass is 10.2. The molecule has 0 aromatic carbocycles. The molecule has 0 saturated heterocycles. The van der Waals surface area contributed by atoms with Gasteiger partial charge in [0.25, 0.3) is 17.2 Å². The van der Waals surface area contributed by atoms with Gasteiger partial charge >= 0.3 is 0 Å². The molecule has 0 fully saturated rings. The van der Waals surface area contributed by atoms with E-state index >= 15 is 0 Å². The first-order chi connectivity index (χ1) is 10.2. The normalized spacial score (nSPS) is 10.9. The molecular formula is C13H13N5O2S. The summed E-state index contributed by atoms with van der Waals surface area (Å²) in [5, 5.41) is 7.16. The van der Waals surface area contributed by atoms with Crippen LogP contribution in [-0.4, -0.2) is 25.5 Å². The molecule has 1 amide bonds. The number of rotatable bonds is 4. The molecule has 0 aliphatic carbocycles. The van der Waals surface area contributed by atoms with Gasteiger partial charge in [-0.2, -0.15) is 9.50 Å². The number of nitrogens with one attached hydrogen (secondary N) is 2. The minimum atomic E-state index is -0.272. The highest BCUT2D eigenvalue weighted by Crippen LogP contribution is 2.11. The Morgan fingerprint density at radius 3 is 3.05 bits per heavy atom. The molecule has 0 atom stereocenters. The first kappa shape index (κ1) is 13.5. The van der Waals surface area contributed by atoms with E-state index in [4.69, 9.17) is 0 Å². The van der Waals surface area contributed by atoms with Crippen molar-refractivity contribution in [1.29, 1.82) is 0 Å². The summed E-state index contributed by atoms with van der Waals surface area (Å²) in [6.45, 7) is 2.01. The fraction of sp³-hybridized carbons (Fsp3) is 0.231. The number of nitrogens with zero attached hydrogens (tertiary/aromatic N) is 3. The summed E-state index contributed by atoms with van der Waals surface area (Å²) in [6.07, 6.45) is 1.62. The molecule has 0 unspecified atom stereocenters. The summed E-state index contributed by atoms with van der Waals surface area (Å²) in [5.41, 5.74) is 0.456. The predicted octanol–water partition coefficient (Wildman–Crippen LogP) is 1.68. The zero-order valence-corrected chi connectivity index (χ0v) is 12.1. The van der Waals surface area contributed by atoms with Gasteiger partial charge in [-0.25, -0.2) is 4.98 Å². The third kappa shape index (κ3) is 2.70. The van der Waals surface area contributed by atoms with Crippen LogP contribution in [0.15, 0.2) is 28.4 Å². The molecule has 3 aromatic rings. The number of aryl methyl sites for hydroxylation is 1. The second-order valence-corrected chi connectivity index (χ2v) is 5.42. The molecule has 8 heteroatoms.